The maximum atomic E-state index is 12.7. The Kier molecular flexibility index (Phi) is 6.36. The summed E-state index contributed by atoms with van der Waals surface area (Å²) in [7, 11) is -5.70. The molecule has 25 heavy (non-hydrogen) atoms. The summed E-state index contributed by atoms with van der Waals surface area (Å²) in [6.45, 7) is 3.38. The minimum atomic E-state index is -5.70. The van der Waals surface area contributed by atoms with E-state index in [0.717, 1.165) is 12.8 Å². The van der Waals surface area contributed by atoms with Crippen molar-refractivity contribution in [2.75, 3.05) is 19.8 Å². The van der Waals surface area contributed by atoms with E-state index in [2.05, 4.69) is 4.18 Å². The van der Waals surface area contributed by atoms with Crippen LogP contribution >= 0.6 is 0 Å². The van der Waals surface area contributed by atoms with E-state index in [0.29, 0.717) is 32.6 Å². The predicted molar refractivity (Wildman–Crippen MR) is 82.7 cm³/mol. The number of carbonyl (C=O) groups excluding carboxylic acids is 1. The molecule has 2 unspecified atom stereocenters. The van der Waals surface area contributed by atoms with Gasteiger partial charge in [0.25, 0.3) is 0 Å². The van der Waals surface area contributed by atoms with Crippen LogP contribution in [-0.2, 0) is 23.8 Å². The van der Waals surface area contributed by atoms with Crippen LogP contribution < -0.4 is 0 Å². The van der Waals surface area contributed by atoms with Gasteiger partial charge in [-0.1, -0.05) is 0 Å². The lowest BCUT2D eigenvalue weighted by Gasteiger charge is -2.29. The molecule has 6 nitrogen and oxygen atoms in total. The topological polar surface area (TPSA) is 72.9 Å². The Bertz CT molecular complexity index is 617. The molecular formula is C15H22F3NO5S. The zero-order valence-corrected chi connectivity index (χ0v) is 14.7. The fourth-order valence-corrected chi connectivity index (χ4v) is 3.62. The molecule has 1 saturated heterocycles. The number of rotatable bonds is 6. The minimum Gasteiger partial charge on any atom is -0.381 e. The molecular weight excluding hydrogens is 363 g/mol. The van der Waals surface area contributed by atoms with Gasteiger partial charge < -0.3 is 13.8 Å². The summed E-state index contributed by atoms with van der Waals surface area (Å²) >= 11 is 0. The lowest BCUT2D eigenvalue weighted by molar-refractivity contribution is -0.136. The average Bonchev–Trinajstić information content (AvgIpc) is 2.99. The largest absolute Gasteiger partial charge is 0.534 e. The molecule has 0 N–H and O–H groups in total. The summed E-state index contributed by atoms with van der Waals surface area (Å²) in [4.78, 5) is 14.4. The highest BCUT2D eigenvalue weighted by Gasteiger charge is 2.49. The molecule has 1 heterocycles. The molecule has 0 aromatic heterocycles. The average molecular weight is 385 g/mol. The van der Waals surface area contributed by atoms with Crippen LogP contribution in [0.5, 0.6) is 0 Å². The van der Waals surface area contributed by atoms with E-state index in [1.807, 2.05) is 6.92 Å². The third kappa shape index (κ3) is 4.87. The van der Waals surface area contributed by atoms with Crippen molar-refractivity contribution in [2.45, 2.75) is 50.6 Å². The molecule has 2 atom stereocenters. The maximum absolute atomic E-state index is 12.7. The summed E-state index contributed by atoms with van der Waals surface area (Å²) < 4.78 is 69.1. The number of hydrogen-bond acceptors (Lipinski definition) is 5. The van der Waals surface area contributed by atoms with Crippen LogP contribution in [0.3, 0.4) is 0 Å². The number of allylic oxidation sites excluding steroid dienone is 1. The second-order valence-electron chi connectivity index (χ2n) is 6.10. The summed E-state index contributed by atoms with van der Waals surface area (Å²) in [6.07, 6.45) is 3.77. The van der Waals surface area contributed by atoms with Gasteiger partial charge in [0.1, 0.15) is 5.76 Å². The summed E-state index contributed by atoms with van der Waals surface area (Å²) in [5, 5.41) is 0. The van der Waals surface area contributed by atoms with Crippen LogP contribution in [0.15, 0.2) is 11.8 Å². The van der Waals surface area contributed by atoms with Crippen LogP contribution in [0.4, 0.5) is 13.2 Å². The van der Waals surface area contributed by atoms with Crippen LogP contribution in [0.2, 0.25) is 0 Å². The number of likely N-dealkylation sites (tertiary alicyclic amines) is 1. The molecule has 0 aromatic carbocycles. The molecule has 144 valence electrons. The number of ether oxygens (including phenoxy) is 1. The van der Waals surface area contributed by atoms with Crippen molar-refractivity contribution < 1.29 is 35.3 Å². The van der Waals surface area contributed by atoms with E-state index in [4.69, 9.17) is 4.74 Å². The Labute approximate surface area is 145 Å². The first-order chi connectivity index (χ1) is 11.7. The number of alkyl halides is 3. The first-order valence-electron chi connectivity index (χ1n) is 8.25. The lowest BCUT2D eigenvalue weighted by Crippen LogP contribution is -2.42. The predicted octanol–water partition coefficient (Wildman–Crippen LogP) is 2.56. The molecule has 1 aliphatic carbocycles. The lowest BCUT2D eigenvalue weighted by atomic mass is 9.93. The molecule has 0 radical (unpaired) electrons. The summed E-state index contributed by atoms with van der Waals surface area (Å²) in [5.41, 5.74) is -5.48. The fourth-order valence-electron chi connectivity index (χ4n) is 3.11. The summed E-state index contributed by atoms with van der Waals surface area (Å²) in [6, 6.07) is -0.0500. The van der Waals surface area contributed by atoms with Crippen molar-refractivity contribution in [3.63, 3.8) is 0 Å². The maximum Gasteiger partial charge on any atom is 0.534 e. The van der Waals surface area contributed by atoms with Gasteiger partial charge >= 0.3 is 15.6 Å². The third-order valence-electron chi connectivity index (χ3n) is 4.32. The number of amides is 1. The van der Waals surface area contributed by atoms with Crippen molar-refractivity contribution in [3.8, 4) is 0 Å². The van der Waals surface area contributed by atoms with Gasteiger partial charge in [-0.2, -0.15) is 21.6 Å². The fraction of sp³-hybridized carbons (Fsp3) is 0.800. The van der Waals surface area contributed by atoms with Gasteiger partial charge in [0.15, 0.2) is 0 Å². The van der Waals surface area contributed by atoms with Gasteiger partial charge in [0.05, 0.1) is 18.6 Å². The Hall–Kier alpha value is -1.29. The second kappa shape index (κ2) is 7.94. The van der Waals surface area contributed by atoms with Gasteiger partial charge in [-0.25, -0.2) is 0 Å². The van der Waals surface area contributed by atoms with Crippen LogP contribution in [0.1, 0.15) is 39.0 Å². The zero-order chi connectivity index (χ0) is 18.7. The van der Waals surface area contributed by atoms with E-state index < -0.39 is 21.5 Å². The highest BCUT2D eigenvalue weighted by Crippen LogP contribution is 2.32. The molecule has 0 saturated carbocycles. The van der Waals surface area contributed by atoms with Crippen LogP contribution in [-0.4, -0.2) is 50.5 Å². The molecule has 2 aliphatic rings. The number of hydrogen-bond donors (Lipinski definition) is 0. The quantitative estimate of drug-likeness (QED) is 0.519. The van der Waals surface area contributed by atoms with Crippen LogP contribution in [0, 0.1) is 5.92 Å². The van der Waals surface area contributed by atoms with E-state index in [9.17, 15) is 26.4 Å². The van der Waals surface area contributed by atoms with E-state index >= 15 is 0 Å². The molecule has 1 fully saturated rings. The zero-order valence-electron chi connectivity index (χ0n) is 13.9. The number of nitrogens with zero attached hydrogens (tertiary/aromatic N) is 1. The smallest absolute Gasteiger partial charge is 0.381 e. The van der Waals surface area contributed by atoms with Gasteiger partial charge in [-0.05, 0) is 38.7 Å². The van der Waals surface area contributed by atoms with Crippen molar-refractivity contribution in [3.05, 3.63) is 11.8 Å². The van der Waals surface area contributed by atoms with Gasteiger partial charge in [0, 0.05) is 19.6 Å². The van der Waals surface area contributed by atoms with Gasteiger partial charge in [-0.15, -0.1) is 0 Å². The third-order valence-corrected chi connectivity index (χ3v) is 5.32. The second-order valence-corrected chi connectivity index (χ2v) is 7.64. The molecule has 0 aromatic rings. The molecule has 10 heteroatoms. The van der Waals surface area contributed by atoms with E-state index in [-0.39, 0.29) is 24.1 Å². The molecule has 1 aliphatic heterocycles. The number of halogens is 3. The minimum absolute atomic E-state index is 0.0500. The highest BCUT2D eigenvalue weighted by atomic mass is 32.2. The first-order valence-corrected chi connectivity index (χ1v) is 9.66. The normalized spacial score (nSPS) is 25.0. The Morgan fingerprint density at radius 3 is 2.68 bits per heavy atom. The molecule has 0 bridgehead atoms. The van der Waals surface area contributed by atoms with Crippen molar-refractivity contribution >= 4 is 16.0 Å². The molecule has 2 rings (SSSR count). The first kappa shape index (κ1) is 20.0. The Balaban J connectivity index is 2.07. The van der Waals surface area contributed by atoms with Crippen LogP contribution in [0.25, 0.3) is 0 Å². The number of carbonyl (C=O) groups is 1. The molecule has 1 amide bonds. The van der Waals surface area contributed by atoms with Gasteiger partial charge in [0.2, 0.25) is 5.91 Å². The highest BCUT2D eigenvalue weighted by molar-refractivity contribution is 7.87. The van der Waals surface area contributed by atoms with E-state index in [1.165, 1.54) is 6.08 Å². The molecule has 0 spiro atoms. The standard InChI is InChI=1S/C15H22F3NO5S/c1-2-23-10-12-6-4-8-19(12)14(20)11-5-3-7-13(9-11)24-25(21,22)15(16,17)18/h9,11-12H,2-8,10H2,1H3. The van der Waals surface area contributed by atoms with Crippen molar-refractivity contribution in [2.24, 2.45) is 5.92 Å². The Morgan fingerprint density at radius 2 is 2.04 bits per heavy atom. The SMILES string of the molecule is CCOCC1CCCN1C(=O)C1C=C(OS(=O)(=O)C(F)(F)F)CCC1. The van der Waals surface area contributed by atoms with Crippen molar-refractivity contribution in [1.82, 2.24) is 4.90 Å². The monoisotopic (exact) mass is 385 g/mol. The summed E-state index contributed by atoms with van der Waals surface area (Å²) in [5.74, 6) is -1.20. The Morgan fingerprint density at radius 1 is 1.32 bits per heavy atom. The van der Waals surface area contributed by atoms with E-state index in [1.54, 1.807) is 4.90 Å². The van der Waals surface area contributed by atoms with Gasteiger partial charge in [-0.3, -0.25) is 4.79 Å². The van der Waals surface area contributed by atoms with Crippen molar-refractivity contribution in [1.29, 1.82) is 0 Å².